The molecule has 1 aliphatic carbocycles. The van der Waals surface area contributed by atoms with Gasteiger partial charge in [0.15, 0.2) is 0 Å². The molecule has 14 aromatic carbocycles. The van der Waals surface area contributed by atoms with E-state index in [4.69, 9.17) is 0 Å². The highest BCUT2D eigenvalue weighted by Gasteiger charge is 2.26. The smallest absolute Gasteiger partial charge is 0.0540 e. The lowest BCUT2D eigenvalue weighted by atomic mass is 9.82. The summed E-state index contributed by atoms with van der Waals surface area (Å²) >= 11 is 0. The van der Waals surface area contributed by atoms with Gasteiger partial charge in [-0.1, -0.05) is 255 Å². The molecule has 0 fully saturated rings. The molecule has 80 heavy (non-hydrogen) atoms. The molecule has 2 nitrogen and oxygen atoms in total. The number of benzene rings is 14. The second-order valence-corrected chi connectivity index (χ2v) is 21.1. The molecule has 0 unspecified atom stereocenters. The summed E-state index contributed by atoms with van der Waals surface area (Å²) in [6, 6.07) is 108. The van der Waals surface area contributed by atoms with Crippen molar-refractivity contribution in [2.24, 2.45) is 0 Å². The van der Waals surface area contributed by atoms with Crippen molar-refractivity contribution in [1.82, 2.24) is 0 Å². The summed E-state index contributed by atoms with van der Waals surface area (Å²) in [5, 5.41) is 14.4. The van der Waals surface area contributed by atoms with Crippen molar-refractivity contribution in [3.05, 3.63) is 314 Å². The van der Waals surface area contributed by atoms with Gasteiger partial charge in [-0.2, -0.15) is 0 Å². The highest BCUT2D eigenvalue weighted by Crippen LogP contribution is 2.51. The quantitative estimate of drug-likeness (QED) is 0.126. The summed E-state index contributed by atoms with van der Waals surface area (Å²) in [5.41, 5.74) is 16.7. The first-order valence-corrected chi connectivity index (χ1v) is 27.9. The lowest BCUT2D eigenvalue weighted by Crippen LogP contribution is -2.12. The van der Waals surface area contributed by atoms with Crippen LogP contribution >= 0.6 is 0 Å². The molecular weight excluding hydrogens is 965 g/mol. The third-order valence-corrected chi connectivity index (χ3v) is 16.5. The minimum atomic E-state index is 0.899. The minimum Gasteiger partial charge on any atom is -0.309 e. The highest BCUT2D eigenvalue weighted by atomic mass is 15.2. The lowest BCUT2D eigenvalue weighted by molar-refractivity contribution is 1.08. The predicted molar refractivity (Wildman–Crippen MR) is 343 cm³/mol. The zero-order valence-corrected chi connectivity index (χ0v) is 44.2. The number of allylic oxidation sites excluding steroid dienone is 4. The molecule has 15 rings (SSSR count). The Morgan fingerprint density at radius 2 is 0.550 bits per heavy atom. The monoisotopic (exact) mass is 1020 g/mol. The normalized spacial score (nSPS) is 12.6. The van der Waals surface area contributed by atoms with Gasteiger partial charge in [0.25, 0.3) is 0 Å². The Morgan fingerprint density at radius 1 is 0.212 bits per heavy atom. The molecule has 0 amide bonds. The van der Waals surface area contributed by atoms with Crippen molar-refractivity contribution in [2.75, 3.05) is 9.80 Å². The van der Waals surface area contributed by atoms with Crippen LogP contribution in [-0.2, 0) is 0 Å². The van der Waals surface area contributed by atoms with Crippen molar-refractivity contribution in [3.8, 4) is 22.3 Å². The Balaban J connectivity index is 1.05. The standard InChI is InChI=1S/C78H54N2/c1-3-19-53(20-4-1)55-39-43-61(44-40-55)77-69-49-47-64(80(75-37-17-29-59-25-9-13-33-67(59)75)76-38-18-30-60-26-10-14-34-68(60)76)52-72(69)78(62-45-41-56(42-46-62)54-21-5-2-6-22-54)70-50-48-63(51-71(70)77)79(73-35-15-27-57-23-7-11-31-65(57)73)74-36-16-28-58-24-8-12-32-66(58)74/h1-41,43-45,47-52H,42,46H2. The first-order chi connectivity index (χ1) is 39.7. The van der Waals surface area contributed by atoms with Crippen molar-refractivity contribution in [2.45, 2.75) is 12.8 Å². The maximum Gasteiger partial charge on any atom is 0.0540 e. The van der Waals surface area contributed by atoms with E-state index in [2.05, 4.69) is 313 Å². The maximum absolute atomic E-state index is 2.50. The third kappa shape index (κ3) is 8.20. The second-order valence-electron chi connectivity index (χ2n) is 21.1. The van der Waals surface area contributed by atoms with Gasteiger partial charge < -0.3 is 9.80 Å². The number of nitrogens with zero attached hydrogens (tertiary/aromatic N) is 2. The third-order valence-electron chi connectivity index (χ3n) is 16.5. The average Bonchev–Trinajstić information content (AvgIpc) is 3.55. The molecule has 0 N–H and O–H groups in total. The average molecular weight is 1020 g/mol. The largest absolute Gasteiger partial charge is 0.309 e. The van der Waals surface area contributed by atoms with Crippen LogP contribution in [0.4, 0.5) is 34.1 Å². The van der Waals surface area contributed by atoms with E-state index in [1.165, 1.54) is 109 Å². The molecule has 0 aliphatic heterocycles. The van der Waals surface area contributed by atoms with Gasteiger partial charge in [-0.05, 0) is 149 Å². The van der Waals surface area contributed by atoms with Crippen LogP contribution in [0.15, 0.2) is 303 Å². The zero-order chi connectivity index (χ0) is 52.9. The van der Waals surface area contributed by atoms with Gasteiger partial charge in [0.05, 0.1) is 22.7 Å². The van der Waals surface area contributed by atoms with Gasteiger partial charge in [0.1, 0.15) is 0 Å². The second kappa shape index (κ2) is 19.9. The fourth-order valence-electron chi connectivity index (χ4n) is 12.8. The molecular formula is C78H54N2. The van der Waals surface area contributed by atoms with Crippen molar-refractivity contribution in [1.29, 1.82) is 0 Å². The van der Waals surface area contributed by atoms with Gasteiger partial charge in [-0.15, -0.1) is 0 Å². The molecule has 2 heteroatoms. The van der Waals surface area contributed by atoms with Gasteiger partial charge >= 0.3 is 0 Å². The number of fused-ring (bicyclic) bond motifs is 6. The van der Waals surface area contributed by atoms with E-state index in [1.54, 1.807) is 0 Å². The topological polar surface area (TPSA) is 6.48 Å². The van der Waals surface area contributed by atoms with Crippen LogP contribution in [-0.4, -0.2) is 0 Å². The molecule has 0 heterocycles. The van der Waals surface area contributed by atoms with E-state index in [0.29, 0.717) is 0 Å². The number of hydrogen-bond acceptors (Lipinski definition) is 2. The Bertz CT molecular complexity index is 4580. The minimum absolute atomic E-state index is 0.899. The van der Waals surface area contributed by atoms with E-state index >= 15 is 0 Å². The van der Waals surface area contributed by atoms with E-state index in [1.807, 2.05) is 0 Å². The summed E-state index contributed by atoms with van der Waals surface area (Å²) in [5.74, 6) is 0. The number of anilines is 6. The Hall–Kier alpha value is -10.3. The molecule has 0 saturated carbocycles. The van der Waals surface area contributed by atoms with Crippen LogP contribution in [0, 0.1) is 0 Å². The summed E-state index contributed by atoms with van der Waals surface area (Å²) in [6.07, 6.45) is 6.63. The molecule has 0 aromatic heterocycles. The van der Waals surface area contributed by atoms with Crippen LogP contribution < -0.4 is 9.80 Å². The molecule has 0 spiro atoms. The maximum atomic E-state index is 2.50. The van der Waals surface area contributed by atoms with E-state index < -0.39 is 0 Å². The molecule has 0 radical (unpaired) electrons. The van der Waals surface area contributed by atoms with Gasteiger partial charge in [-0.3, -0.25) is 0 Å². The molecule has 14 aromatic rings. The van der Waals surface area contributed by atoms with E-state index in [-0.39, 0.29) is 0 Å². The van der Waals surface area contributed by atoms with Crippen LogP contribution in [0.25, 0.3) is 98.0 Å². The van der Waals surface area contributed by atoms with Crippen molar-refractivity contribution < 1.29 is 0 Å². The van der Waals surface area contributed by atoms with E-state index in [9.17, 15) is 0 Å². The van der Waals surface area contributed by atoms with Crippen LogP contribution in [0.5, 0.6) is 0 Å². The predicted octanol–water partition coefficient (Wildman–Crippen LogP) is 22.1. The van der Waals surface area contributed by atoms with Gasteiger partial charge in [-0.25, -0.2) is 0 Å². The number of hydrogen-bond donors (Lipinski definition) is 0. The van der Waals surface area contributed by atoms with Gasteiger partial charge in [0.2, 0.25) is 0 Å². The fraction of sp³-hybridized carbons (Fsp3) is 0.0256. The highest BCUT2D eigenvalue weighted by molar-refractivity contribution is 6.21. The van der Waals surface area contributed by atoms with Crippen LogP contribution in [0.2, 0.25) is 0 Å². The molecule has 1 aliphatic rings. The lowest BCUT2D eigenvalue weighted by Gasteiger charge is -2.30. The summed E-state index contributed by atoms with van der Waals surface area (Å²) in [7, 11) is 0. The summed E-state index contributed by atoms with van der Waals surface area (Å²) < 4.78 is 0. The zero-order valence-electron chi connectivity index (χ0n) is 44.2. The first kappa shape index (κ1) is 47.0. The number of rotatable bonds is 10. The Morgan fingerprint density at radius 3 is 0.988 bits per heavy atom. The van der Waals surface area contributed by atoms with Gasteiger partial charge in [0, 0.05) is 32.9 Å². The molecule has 0 bridgehead atoms. The van der Waals surface area contributed by atoms with Crippen LogP contribution in [0.3, 0.4) is 0 Å². The Labute approximate surface area is 466 Å². The molecule has 376 valence electrons. The Kier molecular flexibility index (Phi) is 11.7. The molecule has 0 atom stereocenters. The fourth-order valence-corrected chi connectivity index (χ4v) is 12.8. The SMILES string of the molecule is C1=C(c2ccccc2)CCC(c2c3cc(N(c4cccc5ccccc45)c4cccc5ccccc45)ccc3c(-c3ccc(-c4ccccc4)cc3)c3cc(N(c4cccc5ccccc45)c4cccc5ccccc45)ccc23)=C1. The summed E-state index contributed by atoms with van der Waals surface area (Å²) in [6.45, 7) is 0. The van der Waals surface area contributed by atoms with Crippen LogP contribution in [0.1, 0.15) is 24.0 Å². The van der Waals surface area contributed by atoms with Crippen molar-refractivity contribution in [3.63, 3.8) is 0 Å². The first-order valence-electron chi connectivity index (χ1n) is 27.9. The summed E-state index contributed by atoms with van der Waals surface area (Å²) in [4.78, 5) is 5.00. The molecule has 0 saturated heterocycles. The van der Waals surface area contributed by atoms with E-state index in [0.717, 1.165) is 47.0 Å². The van der Waals surface area contributed by atoms with Crippen molar-refractivity contribution >= 4 is 110 Å².